The zero-order chi connectivity index (χ0) is 15.9. The second-order valence-electron chi connectivity index (χ2n) is 4.56. The van der Waals surface area contributed by atoms with Crippen molar-refractivity contribution >= 4 is 17.7 Å². The van der Waals surface area contributed by atoms with E-state index in [1.165, 1.54) is 6.07 Å². The Morgan fingerprint density at radius 3 is 2.55 bits per heavy atom. The van der Waals surface area contributed by atoms with E-state index >= 15 is 0 Å². The van der Waals surface area contributed by atoms with Gasteiger partial charge in [0.15, 0.2) is 0 Å². The maximum absolute atomic E-state index is 13.2. The molecular weight excluding hydrogens is 289 g/mol. The molecule has 6 heteroatoms. The van der Waals surface area contributed by atoms with E-state index in [1.54, 1.807) is 12.1 Å². The SMILES string of the molecule is O=C(O)Cc1cc(F)ccc1NC(=O)OCc1ccccc1. The van der Waals surface area contributed by atoms with E-state index in [4.69, 9.17) is 9.84 Å². The first-order valence-electron chi connectivity index (χ1n) is 6.52. The Bertz CT molecular complexity index is 673. The molecule has 5 nitrogen and oxygen atoms in total. The van der Waals surface area contributed by atoms with Crippen molar-refractivity contribution in [3.63, 3.8) is 0 Å². The van der Waals surface area contributed by atoms with Gasteiger partial charge in [0.1, 0.15) is 12.4 Å². The van der Waals surface area contributed by atoms with Gasteiger partial charge in [0, 0.05) is 5.69 Å². The molecular formula is C16H14FNO4. The van der Waals surface area contributed by atoms with E-state index in [1.807, 2.05) is 18.2 Å². The summed E-state index contributed by atoms with van der Waals surface area (Å²) >= 11 is 0. The molecule has 0 radical (unpaired) electrons. The number of hydrogen-bond donors (Lipinski definition) is 2. The normalized spacial score (nSPS) is 10.0. The highest BCUT2D eigenvalue weighted by Gasteiger charge is 2.11. The Hall–Kier alpha value is -2.89. The first-order valence-corrected chi connectivity index (χ1v) is 6.52. The molecule has 0 aliphatic carbocycles. The number of anilines is 1. The van der Waals surface area contributed by atoms with Crippen LogP contribution in [0.5, 0.6) is 0 Å². The summed E-state index contributed by atoms with van der Waals surface area (Å²) in [6, 6.07) is 12.6. The standard InChI is InChI=1S/C16H14FNO4/c17-13-6-7-14(12(8-13)9-15(19)20)18-16(21)22-10-11-4-2-1-3-5-11/h1-8H,9-10H2,(H,18,21)(H,19,20). The number of benzene rings is 2. The molecule has 2 aromatic carbocycles. The number of nitrogens with one attached hydrogen (secondary N) is 1. The van der Waals surface area contributed by atoms with Crippen LogP contribution < -0.4 is 5.32 Å². The lowest BCUT2D eigenvalue weighted by Crippen LogP contribution is -2.15. The summed E-state index contributed by atoms with van der Waals surface area (Å²) in [5.41, 5.74) is 1.20. The number of carbonyl (C=O) groups is 2. The second kappa shape index (κ2) is 7.21. The average molecular weight is 303 g/mol. The fourth-order valence-electron chi connectivity index (χ4n) is 1.86. The number of halogens is 1. The highest BCUT2D eigenvalue weighted by Crippen LogP contribution is 2.18. The molecule has 0 spiro atoms. The van der Waals surface area contributed by atoms with Gasteiger partial charge in [-0.1, -0.05) is 30.3 Å². The molecule has 0 bridgehead atoms. The van der Waals surface area contributed by atoms with Crippen molar-refractivity contribution in [2.45, 2.75) is 13.0 Å². The van der Waals surface area contributed by atoms with Crippen LogP contribution in [-0.4, -0.2) is 17.2 Å². The van der Waals surface area contributed by atoms with Crippen LogP contribution in [0, 0.1) is 5.82 Å². The molecule has 0 fully saturated rings. The molecule has 2 rings (SSSR count). The molecule has 0 atom stereocenters. The summed E-state index contributed by atoms with van der Waals surface area (Å²) in [5, 5.41) is 11.2. The van der Waals surface area contributed by atoms with Gasteiger partial charge in [-0.25, -0.2) is 9.18 Å². The van der Waals surface area contributed by atoms with E-state index in [2.05, 4.69) is 5.32 Å². The molecule has 0 aliphatic heterocycles. The van der Waals surface area contributed by atoms with Crippen molar-refractivity contribution in [3.05, 3.63) is 65.5 Å². The zero-order valence-corrected chi connectivity index (χ0v) is 11.6. The lowest BCUT2D eigenvalue weighted by atomic mass is 10.1. The number of ether oxygens (including phenoxy) is 1. The van der Waals surface area contributed by atoms with Gasteiger partial charge in [-0.3, -0.25) is 10.1 Å². The van der Waals surface area contributed by atoms with Crippen LogP contribution in [0.4, 0.5) is 14.9 Å². The van der Waals surface area contributed by atoms with Gasteiger partial charge in [-0.15, -0.1) is 0 Å². The fourth-order valence-corrected chi connectivity index (χ4v) is 1.86. The zero-order valence-electron chi connectivity index (χ0n) is 11.6. The Morgan fingerprint density at radius 2 is 1.86 bits per heavy atom. The van der Waals surface area contributed by atoms with Crippen molar-refractivity contribution in [2.24, 2.45) is 0 Å². The minimum Gasteiger partial charge on any atom is -0.481 e. The first kappa shape index (κ1) is 15.5. The minimum atomic E-state index is -1.12. The van der Waals surface area contributed by atoms with E-state index < -0.39 is 24.3 Å². The summed E-state index contributed by atoms with van der Waals surface area (Å²) in [4.78, 5) is 22.5. The monoisotopic (exact) mass is 303 g/mol. The van der Waals surface area contributed by atoms with E-state index in [0.29, 0.717) is 0 Å². The summed E-state index contributed by atoms with van der Waals surface area (Å²) in [7, 11) is 0. The molecule has 0 unspecified atom stereocenters. The van der Waals surface area contributed by atoms with Crippen LogP contribution >= 0.6 is 0 Å². The van der Waals surface area contributed by atoms with Crippen molar-refractivity contribution in [3.8, 4) is 0 Å². The van der Waals surface area contributed by atoms with Crippen LogP contribution in [-0.2, 0) is 22.6 Å². The lowest BCUT2D eigenvalue weighted by Gasteiger charge is -2.10. The quantitative estimate of drug-likeness (QED) is 0.889. The summed E-state index contributed by atoms with van der Waals surface area (Å²) < 4.78 is 18.2. The number of aliphatic carboxylic acids is 1. The van der Waals surface area contributed by atoms with Crippen LogP contribution in [0.25, 0.3) is 0 Å². The molecule has 2 N–H and O–H groups in total. The summed E-state index contributed by atoms with van der Waals surface area (Å²) in [6.45, 7) is 0.0854. The number of hydrogen-bond acceptors (Lipinski definition) is 3. The third-order valence-corrected chi connectivity index (χ3v) is 2.86. The van der Waals surface area contributed by atoms with E-state index in [0.717, 1.165) is 17.7 Å². The molecule has 0 heterocycles. The Kier molecular flexibility index (Phi) is 5.08. The van der Waals surface area contributed by atoms with Crippen molar-refractivity contribution in [2.75, 3.05) is 5.32 Å². The van der Waals surface area contributed by atoms with Crippen molar-refractivity contribution in [1.82, 2.24) is 0 Å². The number of rotatable bonds is 5. The molecule has 114 valence electrons. The van der Waals surface area contributed by atoms with Gasteiger partial charge in [0.05, 0.1) is 6.42 Å². The maximum atomic E-state index is 13.2. The predicted molar refractivity (Wildman–Crippen MR) is 78.0 cm³/mol. The van der Waals surface area contributed by atoms with Gasteiger partial charge >= 0.3 is 12.1 Å². The van der Waals surface area contributed by atoms with Crippen molar-refractivity contribution in [1.29, 1.82) is 0 Å². The Balaban J connectivity index is 2.00. The van der Waals surface area contributed by atoms with E-state index in [-0.39, 0.29) is 17.9 Å². The van der Waals surface area contributed by atoms with Gasteiger partial charge < -0.3 is 9.84 Å². The molecule has 0 saturated carbocycles. The molecule has 1 amide bonds. The molecule has 0 aliphatic rings. The smallest absolute Gasteiger partial charge is 0.411 e. The first-order chi connectivity index (χ1) is 10.5. The van der Waals surface area contributed by atoms with Crippen LogP contribution in [0.2, 0.25) is 0 Å². The van der Waals surface area contributed by atoms with Gasteiger partial charge in [0.2, 0.25) is 0 Å². The lowest BCUT2D eigenvalue weighted by molar-refractivity contribution is -0.136. The number of carboxylic acid groups (broad SMARTS) is 1. The van der Waals surface area contributed by atoms with Gasteiger partial charge in [-0.05, 0) is 29.3 Å². The van der Waals surface area contributed by atoms with E-state index in [9.17, 15) is 14.0 Å². The average Bonchev–Trinajstić information content (AvgIpc) is 2.48. The molecule has 0 saturated heterocycles. The third kappa shape index (κ3) is 4.59. The number of carboxylic acids is 1. The van der Waals surface area contributed by atoms with Crippen LogP contribution in [0.1, 0.15) is 11.1 Å². The largest absolute Gasteiger partial charge is 0.481 e. The molecule has 22 heavy (non-hydrogen) atoms. The summed E-state index contributed by atoms with van der Waals surface area (Å²) in [6.07, 6.45) is -1.13. The van der Waals surface area contributed by atoms with Crippen LogP contribution in [0.15, 0.2) is 48.5 Å². The number of amides is 1. The van der Waals surface area contributed by atoms with Gasteiger partial charge in [-0.2, -0.15) is 0 Å². The predicted octanol–water partition coefficient (Wildman–Crippen LogP) is 3.20. The van der Waals surface area contributed by atoms with Crippen molar-refractivity contribution < 1.29 is 23.8 Å². The minimum absolute atomic E-state index is 0.0854. The Morgan fingerprint density at radius 1 is 1.14 bits per heavy atom. The second-order valence-corrected chi connectivity index (χ2v) is 4.56. The third-order valence-electron chi connectivity index (χ3n) is 2.86. The highest BCUT2D eigenvalue weighted by molar-refractivity contribution is 5.87. The summed E-state index contributed by atoms with van der Waals surface area (Å²) in [5.74, 6) is -1.69. The molecule has 2 aromatic rings. The maximum Gasteiger partial charge on any atom is 0.411 e. The molecule has 0 aromatic heterocycles. The fraction of sp³-hybridized carbons (Fsp3) is 0.125. The highest BCUT2D eigenvalue weighted by atomic mass is 19.1. The van der Waals surface area contributed by atoms with Crippen LogP contribution in [0.3, 0.4) is 0 Å². The number of carbonyl (C=O) groups excluding carboxylic acids is 1. The van der Waals surface area contributed by atoms with Gasteiger partial charge in [0.25, 0.3) is 0 Å². The Labute approximate surface area is 126 Å². The topological polar surface area (TPSA) is 75.6 Å².